The maximum atomic E-state index is 14.8. The van der Waals surface area contributed by atoms with Gasteiger partial charge in [-0.1, -0.05) is 51.5 Å². The second kappa shape index (κ2) is 10.4. The first-order valence-electron chi connectivity index (χ1n) is 9.67. The molecule has 0 heterocycles. The van der Waals surface area contributed by atoms with E-state index in [-0.39, 0.29) is 6.61 Å². The number of hydrogen-bond donors (Lipinski definition) is 0. The number of rotatable bonds is 10. The van der Waals surface area contributed by atoms with Gasteiger partial charge in [0.15, 0.2) is 0 Å². The molecule has 0 amide bonds. The second-order valence-corrected chi connectivity index (χ2v) is 10.5. The van der Waals surface area contributed by atoms with Crippen molar-refractivity contribution in [2.24, 2.45) is 11.8 Å². The quantitative estimate of drug-likeness (QED) is 0.545. The third-order valence-electron chi connectivity index (χ3n) is 5.58. The Hall–Kier alpha value is -0.983. The summed E-state index contributed by atoms with van der Waals surface area (Å²) in [5.41, 5.74) is 0. The number of ether oxygens (including phenoxy) is 1. The summed E-state index contributed by atoms with van der Waals surface area (Å²) in [6, 6.07) is 5.43. The largest absolute Gasteiger partial charge is 0.491 e. The Bertz CT molecular complexity index is 544. The van der Waals surface area contributed by atoms with Crippen LogP contribution in [0.1, 0.15) is 45.4 Å². The molecule has 2 rings (SSSR count). The molecule has 1 aromatic carbocycles. The van der Waals surface area contributed by atoms with Crippen LogP contribution in [-0.4, -0.2) is 36.1 Å². The molecule has 6 heteroatoms. The van der Waals surface area contributed by atoms with E-state index < -0.39 is 21.1 Å². The van der Waals surface area contributed by atoms with Gasteiger partial charge >= 0.3 is 8.56 Å². The predicted octanol–water partition coefficient (Wildman–Crippen LogP) is 4.72. The van der Waals surface area contributed by atoms with Gasteiger partial charge in [0.05, 0.1) is 0 Å². The maximum absolute atomic E-state index is 14.8. The molecule has 0 saturated heterocycles. The van der Waals surface area contributed by atoms with E-state index in [2.05, 4.69) is 6.92 Å². The summed E-state index contributed by atoms with van der Waals surface area (Å²) in [5, 5.41) is 0.505. The van der Waals surface area contributed by atoms with Gasteiger partial charge < -0.3 is 13.6 Å². The van der Waals surface area contributed by atoms with Gasteiger partial charge in [0.1, 0.15) is 24.8 Å². The van der Waals surface area contributed by atoms with Crippen LogP contribution in [0.15, 0.2) is 18.2 Å². The second-order valence-electron chi connectivity index (χ2n) is 7.22. The summed E-state index contributed by atoms with van der Waals surface area (Å²) < 4.78 is 43.8. The lowest BCUT2D eigenvalue weighted by Crippen LogP contribution is -2.55. The first-order valence-corrected chi connectivity index (χ1v) is 11.7. The van der Waals surface area contributed by atoms with Gasteiger partial charge in [0, 0.05) is 25.5 Å². The van der Waals surface area contributed by atoms with Gasteiger partial charge in [-0.3, -0.25) is 0 Å². The summed E-state index contributed by atoms with van der Waals surface area (Å²) in [7, 11) is 0.382. The van der Waals surface area contributed by atoms with Gasteiger partial charge in [0.2, 0.25) is 0 Å². The molecule has 3 nitrogen and oxygen atoms in total. The number of benzene rings is 1. The minimum absolute atomic E-state index is 0.0725. The van der Waals surface area contributed by atoms with Crippen LogP contribution in [0.5, 0.6) is 5.75 Å². The van der Waals surface area contributed by atoms with Crippen molar-refractivity contribution >= 4 is 13.7 Å². The van der Waals surface area contributed by atoms with E-state index in [0.717, 1.165) is 24.8 Å². The Morgan fingerprint density at radius 3 is 2.27 bits per heavy atom. The number of halogens is 2. The third kappa shape index (κ3) is 5.27. The fourth-order valence-corrected chi connectivity index (χ4v) is 7.24. The zero-order valence-electron chi connectivity index (χ0n) is 16.2. The number of alkyl halides is 1. The van der Waals surface area contributed by atoms with E-state index in [9.17, 15) is 8.78 Å². The van der Waals surface area contributed by atoms with Crippen LogP contribution in [0.2, 0.25) is 6.04 Å². The molecule has 1 aliphatic rings. The van der Waals surface area contributed by atoms with Gasteiger partial charge in [-0.15, -0.1) is 0 Å². The molecule has 148 valence electrons. The van der Waals surface area contributed by atoms with Gasteiger partial charge in [-0.05, 0) is 23.9 Å². The highest BCUT2D eigenvalue weighted by molar-refractivity contribution is 6.81. The van der Waals surface area contributed by atoms with E-state index in [1.54, 1.807) is 26.4 Å². The smallest absolute Gasteiger partial charge is 0.375 e. The minimum atomic E-state index is -2.85. The zero-order chi connectivity index (χ0) is 19.0. The summed E-state index contributed by atoms with van der Waals surface area (Å²) in [6.07, 6.45) is 7.35. The summed E-state index contributed by atoms with van der Waals surface area (Å²) in [6.45, 7) is 1.57. The van der Waals surface area contributed by atoms with Crippen LogP contribution in [0, 0.1) is 17.7 Å². The van der Waals surface area contributed by atoms with Crippen LogP contribution in [-0.2, 0) is 8.85 Å². The monoisotopic (exact) mass is 386 g/mol. The Kier molecular flexibility index (Phi) is 8.51. The first-order chi connectivity index (χ1) is 12.6. The highest BCUT2D eigenvalue weighted by Crippen LogP contribution is 2.36. The minimum Gasteiger partial charge on any atom is -0.491 e. The van der Waals surface area contributed by atoms with Gasteiger partial charge in [-0.25, -0.2) is 8.78 Å². The molecule has 0 aromatic heterocycles. The highest BCUT2D eigenvalue weighted by Gasteiger charge is 2.43. The molecule has 0 aliphatic heterocycles. The van der Waals surface area contributed by atoms with Gasteiger partial charge in [-0.2, -0.15) is 0 Å². The van der Waals surface area contributed by atoms with Crippen molar-refractivity contribution in [2.75, 3.05) is 27.5 Å². The van der Waals surface area contributed by atoms with Crippen molar-refractivity contribution < 1.29 is 22.4 Å². The van der Waals surface area contributed by atoms with Crippen molar-refractivity contribution in [1.29, 1.82) is 0 Å². The average Bonchev–Trinajstić information content (AvgIpc) is 2.66. The van der Waals surface area contributed by atoms with Crippen LogP contribution in [0.4, 0.5) is 8.78 Å². The normalized spacial score (nSPS) is 21.0. The van der Waals surface area contributed by atoms with Crippen molar-refractivity contribution in [1.82, 2.24) is 0 Å². The summed E-state index contributed by atoms with van der Waals surface area (Å²) in [5.74, 6) is 1.29. The predicted molar refractivity (Wildman–Crippen MR) is 102 cm³/mol. The molecule has 1 fully saturated rings. The van der Waals surface area contributed by atoms with E-state index >= 15 is 0 Å². The van der Waals surface area contributed by atoms with Crippen molar-refractivity contribution in [3.63, 3.8) is 0 Å². The number of hydrogen-bond acceptors (Lipinski definition) is 3. The van der Waals surface area contributed by atoms with Crippen molar-refractivity contribution in [2.45, 2.75) is 51.5 Å². The Morgan fingerprint density at radius 2 is 1.73 bits per heavy atom. The fraction of sp³-hybridized carbons (Fsp3) is 0.700. The van der Waals surface area contributed by atoms with Crippen LogP contribution in [0.3, 0.4) is 0 Å². The van der Waals surface area contributed by atoms with E-state index in [1.807, 2.05) is 0 Å². The van der Waals surface area contributed by atoms with Crippen molar-refractivity contribution in [3.8, 4) is 5.75 Å². The summed E-state index contributed by atoms with van der Waals surface area (Å²) >= 11 is 0. The molecule has 1 aromatic rings. The highest BCUT2D eigenvalue weighted by atomic mass is 28.4. The average molecular weight is 387 g/mol. The molecule has 0 spiro atoms. The third-order valence-corrected chi connectivity index (χ3v) is 9.24. The SMILES string of the molecule is CCCC1CCC(C[Si](OC)(OC)c2ccc(OCCF)cc2F)CC1. The fourth-order valence-electron chi connectivity index (χ4n) is 4.14. The standard InChI is InChI=1S/C20H32F2O3Si/c1-4-5-16-6-8-17(9-7-16)15-26(23-2,24-3)20-11-10-18(14-19(20)22)25-13-12-21/h10-11,14,16-17H,4-9,12-13,15H2,1-3H3. The van der Waals surface area contributed by atoms with Gasteiger partial charge in [0.25, 0.3) is 0 Å². The molecule has 0 bridgehead atoms. The van der Waals surface area contributed by atoms with E-state index in [4.69, 9.17) is 13.6 Å². The molecule has 1 aliphatic carbocycles. The lowest BCUT2D eigenvalue weighted by atomic mass is 9.81. The molecule has 0 N–H and O–H groups in total. The van der Waals surface area contributed by atoms with Crippen molar-refractivity contribution in [3.05, 3.63) is 24.0 Å². The van der Waals surface area contributed by atoms with E-state index in [1.165, 1.54) is 31.7 Å². The molecule has 1 saturated carbocycles. The molecule has 0 unspecified atom stereocenters. The molecular formula is C20H32F2O3Si. The van der Waals surface area contributed by atoms with Crippen LogP contribution >= 0.6 is 0 Å². The molecule has 0 radical (unpaired) electrons. The Morgan fingerprint density at radius 1 is 1.08 bits per heavy atom. The lowest BCUT2D eigenvalue weighted by molar-refractivity contribution is 0.223. The van der Waals surface area contributed by atoms with E-state index in [0.29, 0.717) is 16.9 Å². The van der Waals surface area contributed by atoms with Crippen LogP contribution < -0.4 is 9.92 Å². The Balaban J connectivity index is 2.11. The maximum Gasteiger partial charge on any atom is 0.375 e. The Labute approximate surface area is 157 Å². The topological polar surface area (TPSA) is 27.7 Å². The zero-order valence-corrected chi connectivity index (χ0v) is 17.2. The van der Waals surface area contributed by atoms with Crippen LogP contribution in [0.25, 0.3) is 0 Å². The molecule has 0 atom stereocenters. The lowest BCUT2D eigenvalue weighted by Gasteiger charge is -2.35. The molecular weight excluding hydrogens is 354 g/mol. The summed E-state index contributed by atoms with van der Waals surface area (Å²) in [4.78, 5) is 0. The molecule has 26 heavy (non-hydrogen) atoms. The first kappa shape index (κ1) is 21.3.